The zero-order valence-electron chi connectivity index (χ0n) is 27.5. The Kier molecular flexibility index (Phi) is 5.84. The van der Waals surface area contributed by atoms with Crippen LogP contribution in [0.4, 0.5) is 0 Å². The molecule has 238 valence electrons. The van der Waals surface area contributed by atoms with E-state index < -0.39 is 5.41 Å². The van der Waals surface area contributed by atoms with Crippen LogP contribution in [-0.2, 0) is 5.41 Å². The summed E-state index contributed by atoms with van der Waals surface area (Å²) in [5, 5.41) is 2.33. The molecule has 0 atom stereocenters. The first-order valence-corrected chi connectivity index (χ1v) is 17.3. The van der Waals surface area contributed by atoms with Gasteiger partial charge in [-0.25, -0.2) is 9.97 Å². The van der Waals surface area contributed by atoms with Crippen molar-refractivity contribution in [2.75, 3.05) is 0 Å². The number of para-hydroxylation sites is 3. The maximum atomic E-state index is 6.61. The molecule has 9 aromatic rings. The van der Waals surface area contributed by atoms with Crippen molar-refractivity contribution in [2.45, 2.75) is 5.41 Å². The molecule has 2 aromatic heterocycles. The first-order chi connectivity index (χ1) is 25.3. The summed E-state index contributed by atoms with van der Waals surface area (Å²) in [6, 6.07) is 62.1. The standard InChI is InChI=1S/C47H29N3O/c1-3-15-30(16-4-1)39-29-40(31-17-5-2-6-18-31)49-46(48-39)50-41-24-12-8-19-32(41)33-27-28-38-44(45(33)50)34-20-7-9-21-35(34)47(38)36-22-10-13-25-42(36)51-43-26-14-11-23-37(43)47/h1-29H. The first kappa shape index (κ1) is 28.1. The molecule has 0 unspecified atom stereocenters. The summed E-state index contributed by atoms with van der Waals surface area (Å²) < 4.78 is 8.91. The second-order valence-electron chi connectivity index (χ2n) is 13.3. The van der Waals surface area contributed by atoms with Crippen LogP contribution in [0.1, 0.15) is 22.3 Å². The summed E-state index contributed by atoms with van der Waals surface area (Å²) in [5.41, 5.74) is 12.6. The van der Waals surface area contributed by atoms with Gasteiger partial charge in [-0.1, -0.05) is 152 Å². The van der Waals surface area contributed by atoms with Crippen molar-refractivity contribution in [2.24, 2.45) is 0 Å². The lowest BCUT2D eigenvalue weighted by atomic mass is 9.66. The van der Waals surface area contributed by atoms with E-state index in [2.05, 4.69) is 168 Å². The van der Waals surface area contributed by atoms with Gasteiger partial charge in [-0.2, -0.15) is 0 Å². The highest BCUT2D eigenvalue weighted by Gasteiger charge is 2.51. The van der Waals surface area contributed by atoms with E-state index in [1.165, 1.54) is 27.6 Å². The van der Waals surface area contributed by atoms with Crippen molar-refractivity contribution in [3.05, 3.63) is 198 Å². The number of hydrogen-bond acceptors (Lipinski definition) is 3. The van der Waals surface area contributed by atoms with Crippen LogP contribution < -0.4 is 4.74 Å². The molecule has 2 aliphatic rings. The van der Waals surface area contributed by atoms with Crippen LogP contribution >= 0.6 is 0 Å². The van der Waals surface area contributed by atoms with Crippen molar-refractivity contribution in [3.63, 3.8) is 0 Å². The van der Waals surface area contributed by atoms with Gasteiger partial charge in [0.15, 0.2) is 0 Å². The normalized spacial score (nSPS) is 13.4. The van der Waals surface area contributed by atoms with Gasteiger partial charge < -0.3 is 4.74 Å². The van der Waals surface area contributed by atoms with Gasteiger partial charge >= 0.3 is 0 Å². The Morgan fingerprint density at radius 1 is 0.451 bits per heavy atom. The number of benzene rings is 7. The lowest BCUT2D eigenvalue weighted by Crippen LogP contribution is -2.32. The number of rotatable bonds is 3. The Morgan fingerprint density at radius 2 is 1.00 bits per heavy atom. The third-order valence-corrected chi connectivity index (χ3v) is 10.7. The summed E-state index contributed by atoms with van der Waals surface area (Å²) in [5.74, 6) is 2.40. The molecule has 4 heteroatoms. The lowest BCUT2D eigenvalue weighted by molar-refractivity contribution is 0.436. The van der Waals surface area contributed by atoms with E-state index in [9.17, 15) is 0 Å². The van der Waals surface area contributed by atoms with Crippen LogP contribution in [0.25, 0.3) is 61.4 Å². The molecule has 0 saturated carbocycles. The van der Waals surface area contributed by atoms with Crippen molar-refractivity contribution in [1.29, 1.82) is 0 Å². The van der Waals surface area contributed by atoms with E-state index in [0.29, 0.717) is 5.95 Å². The van der Waals surface area contributed by atoms with E-state index in [-0.39, 0.29) is 0 Å². The Hall–Kier alpha value is -6.78. The van der Waals surface area contributed by atoms with Crippen LogP contribution in [0, 0.1) is 0 Å². The highest BCUT2D eigenvalue weighted by atomic mass is 16.5. The van der Waals surface area contributed by atoms with Crippen LogP contribution in [0.15, 0.2) is 176 Å². The number of ether oxygens (including phenoxy) is 1. The van der Waals surface area contributed by atoms with E-state index in [4.69, 9.17) is 14.7 Å². The van der Waals surface area contributed by atoms with Gasteiger partial charge in [0.05, 0.1) is 27.8 Å². The quantitative estimate of drug-likeness (QED) is 0.191. The molecule has 51 heavy (non-hydrogen) atoms. The third-order valence-electron chi connectivity index (χ3n) is 10.7. The molecule has 1 spiro atoms. The average molecular weight is 652 g/mol. The fourth-order valence-corrected chi connectivity index (χ4v) is 8.65. The fraction of sp³-hybridized carbons (Fsp3) is 0.0213. The second-order valence-corrected chi connectivity index (χ2v) is 13.3. The lowest BCUT2D eigenvalue weighted by Gasteiger charge is -2.39. The summed E-state index contributed by atoms with van der Waals surface area (Å²) in [6.07, 6.45) is 0. The molecule has 1 aliphatic carbocycles. The molecule has 0 radical (unpaired) electrons. The Labute approximate surface area is 294 Å². The van der Waals surface area contributed by atoms with Crippen molar-refractivity contribution < 1.29 is 4.74 Å². The SMILES string of the molecule is c1ccc(-c2cc(-c3ccccc3)nc(-n3c4ccccc4c4ccc5c(c43)-c3ccccc3C53c4ccccc4Oc4ccccc43)n2)cc1. The summed E-state index contributed by atoms with van der Waals surface area (Å²) >= 11 is 0. The minimum absolute atomic E-state index is 0.575. The number of aromatic nitrogens is 3. The molecule has 0 fully saturated rings. The Balaban J connectivity index is 1.31. The van der Waals surface area contributed by atoms with Crippen LogP contribution in [-0.4, -0.2) is 14.5 Å². The Bertz CT molecular complexity index is 2730. The number of fused-ring (bicyclic) bond motifs is 13. The zero-order valence-corrected chi connectivity index (χ0v) is 27.5. The minimum Gasteiger partial charge on any atom is -0.457 e. The van der Waals surface area contributed by atoms with Crippen LogP contribution in [0.3, 0.4) is 0 Å². The van der Waals surface area contributed by atoms with Crippen molar-refractivity contribution in [3.8, 4) is 51.1 Å². The second kappa shape index (κ2) is 10.6. The highest BCUT2D eigenvalue weighted by Crippen LogP contribution is 2.63. The molecule has 0 N–H and O–H groups in total. The minimum atomic E-state index is -0.575. The maximum Gasteiger partial charge on any atom is 0.235 e. The topological polar surface area (TPSA) is 39.9 Å². The van der Waals surface area contributed by atoms with E-state index >= 15 is 0 Å². The van der Waals surface area contributed by atoms with E-state index in [1.807, 2.05) is 12.1 Å². The number of nitrogens with zero attached hydrogens (tertiary/aromatic N) is 3. The Morgan fingerprint density at radius 3 is 1.67 bits per heavy atom. The zero-order chi connectivity index (χ0) is 33.5. The van der Waals surface area contributed by atoms with Gasteiger partial charge in [-0.15, -0.1) is 0 Å². The predicted octanol–water partition coefficient (Wildman–Crippen LogP) is 11.4. The van der Waals surface area contributed by atoms with Crippen LogP contribution in [0.5, 0.6) is 11.5 Å². The number of hydrogen-bond donors (Lipinski definition) is 0. The smallest absolute Gasteiger partial charge is 0.235 e. The maximum absolute atomic E-state index is 6.61. The summed E-state index contributed by atoms with van der Waals surface area (Å²) in [6.45, 7) is 0. The molecule has 3 heterocycles. The third kappa shape index (κ3) is 3.84. The molecule has 1 aliphatic heterocycles. The summed E-state index contributed by atoms with van der Waals surface area (Å²) in [7, 11) is 0. The molecule has 4 nitrogen and oxygen atoms in total. The molecule has 7 aromatic carbocycles. The molecule has 0 amide bonds. The molecular formula is C47H29N3O. The van der Waals surface area contributed by atoms with Gasteiger partial charge in [0.2, 0.25) is 5.95 Å². The molecule has 0 saturated heterocycles. The highest BCUT2D eigenvalue weighted by molar-refractivity contribution is 6.16. The van der Waals surface area contributed by atoms with E-state index in [1.54, 1.807) is 0 Å². The molecule has 11 rings (SSSR count). The van der Waals surface area contributed by atoms with Gasteiger partial charge in [-0.3, -0.25) is 4.57 Å². The summed E-state index contributed by atoms with van der Waals surface area (Å²) in [4.78, 5) is 10.7. The van der Waals surface area contributed by atoms with Crippen molar-refractivity contribution >= 4 is 21.8 Å². The predicted molar refractivity (Wildman–Crippen MR) is 205 cm³/mol. The fourth-order valence-electron chi connectivity index (χ4n) is 8.65. The largest absolute Gasteiger partial charge is 0.457 e. The van der Waals surface area contributed by atoms with Gasteiger partial charge in [-0.05, 0) is 41.0 Å². The van der Waals surface area contributed by atoms with Crippen LogP contribution in [0.2, 0.25) is 0 Å². The van der Waals surface area contributed by atoms with E-state index in [0.717, 1.165) is 61.6 Å². The van der Waals surface area contributed by atoms with Gasteiger partial charge in [0, 0.05) is 38.6 Å². The molecular weight excluding hydrogens is 623 g/mol. The molecule has 0 bridgehead atoms. The monoisotopic (exact) mass is 651 g/mol. The van der Waals surface area contributed by atoms with Gasteiger partial charge in [0.25, 0.3) is 0 Å². The average Bonchev–Trinajstić information content (AvgIpc) is 3.70. The first-order valence-electron chi connectivity index (χ1n) is 17.3. The van der Waals surface area contributed by atoms with Gasteiger partial charge in [0.1, 0.15) is 11.5 Å². The van der Waals surface area contributed by atoms with Crippen molar-refractivity contribution in [1.82, 2.24) is 14.5 Å².